The average molecular weight is 325 g/mol. The molecule has 0 saturated carbocycles. The number of aromatic amines is 1. The normalized spacial score (nSPS) is 11.0. The Morgan fingerprint density at radius 3 is 2.36 bits per heavy atom. The molecular formula is C13H19N5O3S. The summed E-state index contributed by atoms with van der Waals surface area (Å²) in [5.41, 5.74) is 0. The van der Waals surface area contributed by atoms with Crippen LogP contribution in [0.3, 0.4) is 0 Å². The van der Waals surface area contributed by atoms with Crippen molar-refractivity contribution in [2.45, 2.75) is 46.8 Å². The lowest BCUT2D eigenvalue weighted by atomic mass is 10.3. The van der Waals surface area contributed by atoms with Crippen LogP contribution < -0.4 is 14.8 Å². The maximum absolute atomic E-state index is 12.4. The highest BCUT2D eigenvalue weighted by Gasteiger charge is 2.26. The predicted octanol–water partition coefficient (Wildman–Crippen LogP) is 2.40. The predicted molar refractivity (Wildman–Crippen MR) is 82.7 cm³/mol. The molecule has 0 fully saturated rings. The third-order valence-corrected chi connectivity index (χ3v) is 3.54. The number of nitrogens with zero attached hydrogens (tertiary/aromatic N) is 3. The van der Waals surface area contributed by atoms with Gasteiger partial charge in [-0.15, -0.1) is 16.4 Å². The number of hydrogen-bond donors (Lipinski definition) is 2. The van der Waals surface area contributed by atoms with Crippen LogP contribution >= 0.6 is 11.3 Å². The maximum Gasteiger partial charge on any atom is 0.272 e. The van der Waals surface area contributed by atoms with Crippen LogP contribution in [0.5, 0.6) is 11.5 Å². The van der Waals surface area contributed by atoms with E-state index in [9.17, 15) is 4.79 Å². The first-order valence-corrected chi connectivity index (χ1v) is 7.71. The lowest BCUT2D eigenvalue weighted by Gasteiger charge is -2.15. The molecule has 0 spiro atoms. The summed E-state index contributed by atoms with van der Waals surface area (Å²) in [6.45, 7) is 9.53. The largest absolute Gasteiger partial charge is 0.486 e. The van der Waals surface area contributed by atoms with Gasteiger partial charge in [0, 0.05) is 4.88 Å². The molecule has 2 heterocycles. The minimum absolute atomic E-state index is 0.0177. The number of aromatic nitrogens is 4. The number of anilines is 1. The SMILES string of the molecule is Cc1sc(C(=O)Nc2nn[nH]n2)c(OC(C)C)c1OC(C)C. The number of aryl methyl sites for hydroxylation is 1. The van der Waals surface area contributed by atoms with Crippen molar-refractivity contribution >= 4 is 23.2 Å². The Balaban J connectivity index is 2.34. The monoisotopic (exact) mass is 325 g/mol. The number of amides is 1. The molecule has 0 unspecified atom stereocenters. The van der Waals surface area contributed by atoms with Crippen LogP contribution in [0, 0.1) is 6.92 Å². The molecule has 9 heteroatoms. The fraction of sp³-hybridized carbons (Fsp3) is 0.538. The molecule has 2 aromatic heterocycles. The number of nitrogens with one attached hydrogen (secondary N) is 2. The van der Waals surface area contributed by atoms with E-state index in [1.807, 2.05) is 34.6 Å². The summed E-state index contributed by atoms with van der Waals surface area (Å²) >= 11 is 1.31. The summed E-state index contributed by atoms with van der Waals surface area (Å²) in [4.78, 5) is 13.7. The Morgan fingerprint density at radius 2 is 1.82 bits per heavy atom. The van der Waals surface area contributed by atoms with Gasteiger partial charge in [-0.3, -0.25) is 10.1 Å². The van der Waals surface area contributed by atoms with E-state index in [4.69, 9.17) is 9.47 Å². The van der Waals surface area contributed by atoms with Crippen molar-refractivity contribution in [3.05, 3.63) is 9.75 Å². The smallest absolute Gasteiger partial charge is 0.272 e. The number of thiophene rings is 1. The van der Waals surface area contributed by atoms with E-state index in [2.05, 4.69) is 25.9 Å². The van der Waals surface area contributed by atoms with Gasteiger partial charge in [-0.05, 0) is 39.8 Å². The van der Waals surface area contributed by atoms with Crippen LogP contribution in [0.1, 0.15) is 42.2 Å². The standard InChI is InChI=1S/C13H19N5O3S/c1-6(2)20-9-8(5)22-11(10(9)21-7(3)4)12(19)14-13-15-17-18-16-13/h6-7H,1-5H3,(H2,14,15,16,17,18,19). The van der Waals surface area contributed by atoms with E-state index in [0.717, 1.165) is 4.88 Å². The first-order valence-electron chi connectivity index (χ1n) is 6.90. The van der Waals surface area contributed by atoms with Crippen molar-refractivity contribution in [2.24, 2.45) is 0 Å². The Kier molecular flexibility index (Phi) is 4.96. The second-order valence-electron chi connectivity index (χ2n) is 5.17. The van der Waals surface area contributed by atoms with Gasteiger partial charge in [0.1, 0.15) is 4.88 Å². The third kappa shape index (κ3) is 3.73. The lowest BCUT2D eigenvalue weighted by molar-refractivity contribution is 0.102. The lowest BCUT2D eigenvalue weighted by Crippen LogP contribution is -2.15. The highest BCUT2D eigenvalue weighted by molar-refractivity contribution is 7.14. The number of tetrazole rings is 1. The van der Waals surface area contributed by atoms with Gasteiger partial charge in [-0.1, -0.05) is 5.10 Å². The van der Waals surface area contributed by atoms with E-state index >= 15 is 0 Å². The first-order chi connectivity index (χ1) is 10.4. The summed E-state index contributed by atoms with van der Waals surface area (Å²) in [5.74, 6) is 0.806. The highest BCUT2D eigenvalue weighted by atomic mass is 32.1. The van der Waals surface area contributed by atoms with E-state index in [0.29, 0.717) is 16.4 Å². The van der Waals surface area contributed by atoms with Crippen molar-refractivity contribution in [3.8, 4) is 11.5 Å². The molecule has 0 saturated heterocycles. The molecule has 22 heavy (non-hydrogen) atoms. The van der Waals surface area contributed by atoms with Gasteiger partial charge in [-0.2, -0.15) is 5.21 Å². The van der Waals surface area contributed by atoms with Gasteiger partial charge >= 0.3 is 0 Å². The maximum atomic E-state index is 12.4. The molecule has 0 atom stereocenters. The third-order valence-electron chi connectivity index (χ3n) is 2.47. The molecule has 2 N–H and O–H groups in total. The Hall–Kier alpha value is -2.16. The number of carbonyl (C=O) groups excluding carboxylic acids is 1. The number of rotatable bonds is 6. The molecule has 0 aromatic carbocycles. The summed E-state index contributed by atoms with van der Waals surface area (Å²) in [5, 5.41) is 15.6. The van der Waals surface area contributed by atoms with E-state index in [-0.39, 0.29) is 24.1 Å². The molecular weight excluding hydrogens is 306 g/mol. The zero-order valence-electron chi connectivity index (χ0n) is 13.1. The average Bonchev–Trinajstić information content (AvgIpc) is 3.00. The quantitative estimate of drug-likeness (QED) is 0.845. The van der Waals surface area contributed by atoms with Crippen molar-refractivity contribution in [2.75, 3.05) is 5.32 Å². The van der Waals surface area contributed by atoms with Crippen LogP contribution in [0.4, 0.5) is 5.95 Å². The molecule has 0 aliphatic heterocycles. The Morgan fingerprint density at radius 1 is 1.18 bits per heavy atom. The van der Waals surface area contributed by atoms with Crippen LogP contribution in [0.15, 0.2) is 0 Å². The van der Waals surface area contributed by atoms with Crippen molar-refractivity contribution in [1.29, 1.82) is 0 Å². The Labute approximate surface area is 132 Å². The first kappa shape index (κ1) is 16.2. The molecule has 0 aliphatic carbocycles. The van der Waals surface area contributed by atoms with E-state index < -0.39 is 0 Å². The van der Waals surface area contributed by atoms with Crippen molar-refractivity contribution in [3.63, 3.8) is 0 Å². The van der Waals surface area contributed by atoms with Gasteiger partial charge < -0.3 is 9.47 Å². The number of ether oxygens (including phenoxy) is 2. The second kappa shape index (κ2) is 6.73. The van der Waals surface area contributed by atoms with Crippen LogP contribution in [-0.4, -0.2) is 38.7 Å². The molecule has 2 rings (SSSR count). The summed E-state index contributed by atoms with van der Waals surface area (Å²) in [6, 6.07) is 0. The van der Waals surface area contributed by atoms with Gasteiger partial charge in [0.25, 0.3) is 11.9 Å². The summed E-state index contributed by atoms with van der Waals surface area (Å²) < 4.78 is 11.6. The van der Waals surface area contributed by atoms with Crippen LogP contribution in [0.2, 0.25) is 0 Å². The number of H-pyrrole nitrogens is 1. The number of hydrogen-bond acceptors (Lipinski definition) is 7. The minimum atomic E-state index is -0.358. The van der Waals surface area contributed by atoms with Gasteiger partial charge in [0.15, 0.2) is 11.5 Å². The summed E-state index contributed by atoms with van der Waals surface area (Å²) in [6.07, 6.45) is -0.101. The van der Waals surface area contributed by atoms with Gasteiger partial charge in [0.05, 0.1) is 12.2 Å². The molecule has 0 bridgehead atoms. The molecule has 120 valence electrons. The van der Waals surface area contributed by atoms with Gasteiger partial charge in [-0.25, -0.2) is 0 Å². The minimum Gasteiger partial charge on any atom is -0.486 e. The van der Waals surface area contributed by atoms with E-state index in [1.165, 1.54) is 11.3 Å². The molecule has 1 amide bonds. The zero-order valence-corrected chi connectivity index (χ0v) is 13.9. The van der Waals surface area contributed by atoms with E-state index in [1.54, 1.807) is 0 Å². The van der Waals surface area contributed by atoms with Crippen LogP contribution in [-0.2, 0) is 0 Å². The highest BCUT2D eigenvalue weighted by Crippen LogP contribution is 2.43. The Bertz CT molecular complexity index is 636. The molecule has 0 aliphatic rings. The van der Waals surface area contributed by atoms with Crippen molar-refractivity contribution in [1.82, 2.24) is 20.6 Å². The second-order valence-corrected chi connectivity index (χ2v) is 6.39. The van der Waals surface area contributed by atoms with Crippen LogP contribution in [0.25, 0.3) is 0 Å². The van der Waals surface area contributed by atoms with Crippen molar-refractivity contribution < 1.29 is 14.3 Å². The zero-order chi connectivity index (χ0) is 16.3. The molecule has 0 radical (unpaired) electrons. The van der Waals surface area contributed by atoms with Gasteiger partial charge in [0.2, 0.25) is 0 Å². The fourth-order valence-electron chi connectivity index (χ4n) is 1.75. The fourth-order valence-corrected chi connectivity index (χ4v) is 2.66. The molecule has 8 nitrogen and oxygen atoms in total. The number of carbonyl (C=O) groups is 1. The summed E-state index contributed by atoms with van der Waals surface area (Å²) in [7, 11) is 0. The molecule has 2 aromatic rings. The topological polar surface area (TPSA) is 102 Å².